The molecule has 180 valence electrons. The molecule has 1 N–H and O–H groups in total. The van der Waals surface area contributed by atoms with Crippen molar-refractivity contribution in [2.45, 2.75) is 45.7 Å². The van der Waals surface area contributed by atoms with Gasteiger partial charge in [0, 0.05) is 26.6 Å². The van der Waals surface area contributed by atoms with Crippen molar-refractivity contribution < 1.29 is 22.4 Å². The summed E-state index contributed by atoms with van der Waals surface area (Å²) in [5, 5.41) is 2.59. The van der Waals surface area contributed by atoms with Gasteiger partial charge in [-0.1, -0.05) is 36.8 Å². The van der Waals surface area contributed by atoms with Crippen LogP contribution in [0.5, 0.6) is 0 Å². The molecule has 0 unspecified atom stereocenters. The number of hydrogen-bond donors (Lipinski definition) is 1. The average molecular weight is 478 g/mol. The predicted octanol–water partition coefficient (Wildman–Crippen LogP) is 3.23. The number of carbonyl (C=O) groups is 2. The third-order valence-corrected chi connectivity index (χ3v) is 6.57. The third kappa shape index (κ3) is 7.56. The Morgan fingerprint density at radius 1 is 1.06 bits per heavy atom. The highest BCUT2D eigenvalue weighted by Gasteiger charge is 2.28. The first kappa shape index (κ1) is 26.3. The fraction of sp³-hybridized carbons (Fsp3) is 0.417. The topological polar surface area (TPSA) is 86.8 Å². The number of anilines is 1. The first-order valence-electron chi connectivity index (χ1n) is 10.9. The molecular formula is C24H32FN3O4S. The quantitative estimate of drug-likeness (QED) is 0.538. The number of carbonyl (C=O) groups excluding carboxylic acids is 2. The van der Waals surface area contributed by atoms with Crippen molar-refractivity contribution in [2.75, 3.05) is 24.2 Å². The van der Waals surface area contributed by atoms with Gasteiger partial charge in [0.15, 0.2) is 0 Å². The summed E-state index contributed by atoms with van der Waals surface area (Å²) < 4.78 is 39.2. The largest absolute Gasteiger partial charge is 0.357 e. The van der Waals surface area contributed by atoms with Gasteiger partial charge in [0.25, 0.3) is 0 Å². The van der Waals surface area contributed by atoms with Crippen LogP contribution >= 0.6 is 0 Å². The Kier molecular flexibility index (Phi) is 9.40. The van der Waals surface area contributed by atoms with Crippen LogP contribution in [-0.4, -0.2) is 51.0 Å². The van der Waals surface area contributed by atoms with E-state index in [0.29, 0.717) is 17.7 Å². The molecule has 2 amide bonds. The lowest BCUT2D eigenvalue weighted by Crippen LogP contribution is -2.48. The van der Waals surface area contributed by atoms with Crippen LogP contribution in [0.4, 0.5) is 10.1 Å². The van der Waals surface area contributed by atoms with Crippen molar-refractivity contribution in [1.82, 2.24) is 10.2 Å². The van der Waals surface area contributed by atoms with Gasteiger partial charge in [-0.25, -0.2) is 12.8 Å². The molecule has 0 spiro atoms. The van der Waals surface area contributed by atoms with Crippen LogP contribution in [0.1, 0.15) is 37.3 Å². The van der Waals surface area contributed by atoms with E-state index in [-0.39, 0.29) is 43.6 Å². The zero-order valence-electron chi connectivity index (χ0n) is 19.5. The maximum atomic E-state index is 13.3. The Morgan fingerprint density at radius 3 is 2.18 bits per heavy atom. The summed E-state index contributed by atoms with van der Waals surface area (Å²) in [7, 11) is -2.02. The van der Waals surface area contributed by atoms with E-state index in [0.717, 1.165) is 11.8 Å². The van der Waals surface area contributed by atoms with Gasteiger partial charge in [-0.05, 0) is 49.6 Å². The van der Waals surface area contributed by atoms with Crippen molar-refractivity contribution >= 4 is 27.5 Å². The predicted molar refractivity (Wildman–Crippen MR) is 128 cm³/mol. The van der Waals surface area contributed by atoms with Crippen molar-refractivity contribution in [3.8, 4) is 0 Å². The number of aryl methyl sites for hydroxylation is 1. The molecule has 2 aromatic carbocycles. The van der Waals surface area contributed by atoms with Gasteiger partial charge in [0.05, 0.1) is 11.9 Å². The van der Waals surface area contributed by atoms with E-state index in [4.69, 9.17) is 0 Å². The molecule has 2 rings (SSSR count). The Balaban J connectivity index is 2.17. The van der Waals surface area contributed by atoms with Gasteiger partial charge >= 0.3 is 0 Å². The molecule has 9 heteroatoms. The summed E-state index contributed by atoms with van der Waals surface area (Å²) in [6.07, 6.45) is 1.89. The van der Waals surface area contributed by atoms with Crippen LogP contribution in [0.3, 0.4) is 0 Å². The molecule has 0 bridgehead atoms. The van der Waals surface area contributed by atoms with Gasteiger partial charge in [0.2, 0.25) is 21.8 Å². The number of hydrogen-bond acceptors (Lipinski definition) is 4. The lowest BCUT2D eigenvalue weighted by Gasteiger charge is -2.30. The molecule has 0 saturated carbocycles. The number of benzene rings is 2. The summed E-state index contributed by atoms with van der Waals surface area (Å²) in [6, 6.07) is 12.2. The maximum Gasteiger partial charge on any atom is 0.242 e. The normalized spacial score (nSPS) is 12.2. The van der Waals surface area contributed by atoms with Crippen molar-refractivity contribution in [2.24, 2.45) is 0 Å². The Hall–Kier alpha value is -2.94. The third-order valence-electron chi connectivity index (χ3n) is 5.37. The molecule has 0 heterocycles. The van der Waals surface area contributed by atoms with Crippen LogP contribution in [0.15, 0.2) is 48.5 Å². The summed E-state index contributed by atoms with van der Waals surface area (Å²) >= 11 is 0. The van der Waals surface area contributed by atoms with Gasteiger partial charge in [-0.2, -0.15) is 0 Å². The smallest absolute Gasteiger partial charge is 0.242 e. The first-order valence-corrected chi connectivity index (χ1v) is 12.7. The van der Waals surface area contributed by atoms with Crippen molar-refractivity contribution in [3.05, 3.63) is 65.5 Å². The van der Waals surface area contributed by atoms with Crippen LogP contribution in [0.25, 0.3) is 0 Å². The minimum atomic E-state index is -3.53. The molecule has 0 aliphatic carbocycles. The van der Waals surface area contributed by atoms with E-state index < -0.39 is 16.1 Å². The molecule has 0 radical (unpaired) electrons. The molecule has 33 heavy (non-hydrogen) atoms. The van der Waals surface area contributed by atoms with E-state index >= 15 is 0 Å². The highest BCUT2D eigenvalue weighted by atomic mass is 32.2. The van der Waals surface area contributed by atoms with Crippen LogP contribution < -0.4 is 9.62 Å². The van der Waals surface area contributed by atoms with E-state index in [1.54, 1.807) is 24.3 Å². The zero-order chi connectivity index (χ0) is 24.6. The van der Waals surface area contributed by atoms with Crippen molar-refractivity contribution in [3.63, 3.8) is 0 Å². The summed E-state index contributed by atoms with van der Waals surface area (Å²) in [4.78, 5) is 27.0. The number of sulfonamides is 1. The Morgan fingerprint density at radius 2 is 1.67 bits per heavy atom. The number of nitrogens with zero attached hydrogens (tertiary/aromatic N) is 2. The van der Waals surface area contributed by atoms with E-state index in [1.807, 2.05) is 26.0 Å². The number of likely N-dealkylation sites (N-methyl/N-ethyl adjacent to an activating group) is 1. The molecule has 0 aliphatic rings. The van der Waals surface area contributed by atoms with Crippen LogP contribution in [-0.2, 0) is 26.2 Å². The molecular weight excluding hydrogens is 445 g/mol. The maximum absolute atomic E-state index is 13.3. The average Bonchev–Trinajstić information content (AvgIpc) is 2.77. The minimum Gasteiger partial charge on any atom is -0.357 e. The fourth-order valence-electron chi connectivity index (χ4n) is 3.59. The lowest BCUT2D eigenvalue weighted by atomic mass is 10.1. The number of halogens is 1. The SMILES string of the molecule is CC[C@H](C(=O)NC)N(Cc1ccc(F)cc1)C(=O)CCCN(c1ccc(C)cc1)S(C)(=O)=O. The molecule has 7 nitrogen and oxygen atoms in total. The van der Waals surface area contributed by atoms with E-state index in [9.17, 15) is 22.4 Å². The molecule has 2 aromatic rings. The van der Waals surface area contributed by atoms with Gasteiger partial charge in [-0.3, -0.25) is 13.9 Å². The zero-order valence-corrected chi connectivity index (χ0v) is 20.4. The second-order valence-electron chi connectivity index (χ2n) is 7.96. The molecule has 0 aliphatic heterocycles. The highest BCUT2D eigenvalue weighted by Crippen LogP contribution is 2.20. The summed E-state index contributed by atoms with van der Waals surface area (Å²) in [5.41, 5.74) is 2.25. The summed E-state index contributed by atoms with van der Waals surface area (Å²) in [5.74, 6) is -0.940. The standard InChI is InChI=1S/C24H32FN3O4S/c1-5-22(24(30)26-3)27(17-19-10-12-20(25)13-11-19)23(29)7-6-16-28(33(4,31)32)21-14-8-18(2)9-15-21/h8-15,22H,5-7,16-17H2,1-4H3,(H,26,30)/t22-/m1/s1. The van der Waals surface area contributed by atoms with E-state index in [2.05, 4.69) is 5.32 Å². The van der Waals surface area contributed by atoms with Crippen molar-refractivity contribution in [1.29, 1.82) is 0 Å². The molecule has 1 atom stereocenters. The van der Waals surface area contributed by atoms with Gasteiger partial charge in [-0.15, -0.1) is 0 Å². The van der Waals surface area contributed by atoms with Crippen LogP contribution in [0, 0.1) is 12.7 Å². The molecule has 0 fully saturated rings. The van der Waals surface area contributed by atoms with Gasteiger partial charge in [0.1, 0.15) is 11.9 Å². The van der Waals surface area contributed by atoms with E-state index in [1.165, 1.54) is 28.4 Å². The highest BCUT2D eigenvalue weighted by molar-refractivity contribution is 7.92. The Bertz CT molecular complexity index is 1040. The lowest BCUT2D eigenvalue weighted by molar-refractivity contribution is -0.141. The van der Waals surface area contributed by atoms with Gasteiger partial charge < -0.3 is 10.2 Å². The molecule has 0 saturated heterocycles. The number of amides is 2. The monoisotopic (exact) mass is 477 g/mol. The number of rotatable bonds is 11. The first-order chi connectivity index (χ1) is 15.6. The second kappa shape index (κ2) is 11.8. The Labute approximate surface area is 195 Å². The fourth-order valence-corrected chi connectivity index (χ4v) is 4.55. The second-order valence-corrected chi connectivity index (χ2v) is 9.87. The summed E-state index contributed by atoms with van der Waals surface area (Å²) in [6.45, 7) is 4.01. The number of nitrogens with one attached hydrogen (secondary N) is 1. The minimum absolute atomic E-state index is 0.0621. The molecule has 0 aromatic heterocycles. The van der Waals surface area contributed by atoms with Crippen LogP contribution in [0.2, 0.25) is 0 Å².